The van der Waals surface area contributed by atoms with E-state index in [9.17, 15) is 0 Å². The van der Waals surface area contributed by atoms with Crippen LogP contribution in [-0.2, 0) is 0 Å². The number of hydrogen-bond acceptors (Lipinski definition) is 1. The standard InChI is InChI=1S/C9H10N2/c1-3-8(10-5-1)7-9-4-2-6-11-9/h1,3,5-7,10H,2,4H2/b9-7-. The van der Waals surface area contributed by atoms with Gasteiger partial charge in [0.15, 0.2) is 0 Å². The molecule has 2 heterocycles. The molecule has 0 bridgehead atoms. The Balaban J connectivity index is 2.20. The summed E-state index contributed by atoms with van der Waals surface area (Å²) in [5, 5.41) is 0. The molecule has 1 aliphatic rings. The van der Waals surface area contributed by atoms with Crippen LogP contribution in [-0.4, -0.2) is 11.2 Å². The Hall–Kier alpha value is -1.31. The fraction of sp³-hybridized carbons (Fsp3) is 0.222. The SMILES string of the molecule is C1=N/C(=C\c2ccc[nH]2)CC1. The molecule has 0 fully saturated rings. The third kappa shape index (κ3) is 1.40. The summed E-state index contributed by atoms with van der Waals surface area (Å²) in [5.41, 5.74) is 2.31. The third-order valence-electron chi connectivity index (χ3n) is 1.73. The molecule has 1 N–H and O–H groups in total. The first kappa shape index (κ1) is 6.40. The van der Waals surface area contributed by atoms with Crippen molar-refractivity contribution in [1.82, 2.24) is 4.98 Å². The van der Waals surface area contributed by atoms with E-state index in [-0.39, 0.29) is 0 Å². The summed E-state index contributed by atoms with van der Waals surface area (Å²) in [4.78, 5) is 7.34. The van der Waals surface area contributed by atoms with Crippen molar-refractivity contribution in [3.8, 4) is 0 Å². The molecule has 0 aliphatic carbocycles. The number of allylic oxidation sites excluding steroid dienone is 1. The summed E-state index contributed by atoms with van der Waals surface area (Å²) in [6.45, 7) is 0. The summed E-state index contributed by atoms with van der Waals surface area (Å²) in [6, 6.07) is 4.03. The molecule has 1 aromatic heterocycles. The predicted octanol–water partition coefficient (Wildman–Crippen LogP) is 2.22. The lowest BCUT2D eigenvalue weighted by molar-refractivity contribution is 1.08. The van der Waals surface area contributed by atoms with Crippen LogP contribution in [0.25, 0.3) is 6.08 Å². The first-order chi connectivity index (χ1) is 5.45. The molecule has 0 saturated heterocycles. The van der Waals surface area contributed by atoms with Gasteiger partial charge in [0.1, 0.15) is 0 Å². The Kier molecular flexibility index (Phi) is 1.60. The Morgan fingerprint density at radius 1 is 1.55 bits per heavy atom. The summed E-state index contributed by atoms with van der Waals surface area (Å²) >= 11 is 0. The van der Waals surface area contributed by atoms with Gasteiger partial charge in [-0.1, -0.05) is 0 Å². The third-order valence-corrected chi connectivity index (χ3v) is 1.73. The van der Waals surface area contributed by atoms with Gasteiger partial charge in [-0.3, -0.25) is 4.99 Å². The number of rotatable bonds is 1. The molecule has 2 rings (SSSR count). The maximum Gasteiger partial charge on any atom is 0.0423 e. The van der Waals surface area contributed by atoms with Crippen molar-refractivity contribution in [3.05, 3.63) is 29.7 Å². The van der Waals surface area contributed by atoms with Gasteiger partial charge in [-0.15, -0.1) is 0 Å². The highest BCUT2D eigenvalue weighted by atomic mass is 14.8. The fourth-order valence-electron chi connectivity index (χ4n) is 1.18. The van der Waals surface area contributed by atoms with Gasteiger partial charge in [-0.2, -0.15) is 0 Å². The largest absolute Gasteiger partial charge is 0.362 e. The van der Waals surface area contributed by atoms with Crippen molar-refractivity contribution < 1.29 is 0 Å². The molecule has 0 spiro atoms. The van der Waals surface area contributed by atoms with Gasteiger partial charge in [0.25, 0.3) is 0 Å². The lowest BCUT2D eigenvalue weighted by Gasteiger charge is -1.89. The number of aromatic nitrogens is 1. The Labute approximate surface area is 65.7 Å². The average molecular weight is 146 g/mol. The van der Waals surface area contributed by atoms with Crippen molar-refractivity contribution in [2.24, 2.45) is 4.99 Å². The Morgan fingerprint density at radius 2 is 2.55 bits per heavy atom. The zero-order valence-electron chi connectivity index (χ0n) is 6.25. The molecule has 0 atom stereocenters. The maximum absolute atomic E-state index is 4.23. The van der Waals surface area contributed by atoms with Crippen molar-refractivity contribution >= 4 is 12.3 Å². The molecule has 2 nitrogen and oxygen atoms in total. The molecule has 2 heteroatoms. The van der Waals surface area contributed by atoms with E-state index in [1.807, 2.05) is 24.5 Å². The molecule has 0 amide bonds. The van der Waals surface area contributed by atoms with E-state index >= 15 is 0 Å². The summed E-state index contributed by atoms with van der Waals surface area (Å²) in [6.07, 6.45) is 8.15. The van der Waals surface area contributed by atoms with E-state index < -0.39 is 0 Å². The minimum atomic E-state index is 1.08. The number of nitrogens with zero attached hydrogens (tertiary/aromatic N) is 1. The van der Waals surface area contributed by atoms with Crippen LogP contribution < -0.4 is 0 Å². The topological polar surface area (TPSA) is 28.1 Å². The van der Waals surface area contributed by atoms with Gasteiger partial charge in [0.2, 0.25) is 0 Å². The molecular formula is C9H10N2. The molecule has 56 valence electrons. The smallest absolute Gasteiger partial charge is 0.0423 e. The molecule has 0 radical (unpaired) electrons. The van der Waals surface area contributed by atoms with Crippen molar-refractivity contribution in [3.63, 3.8) is 0 Å². The van der Waals surface area contributed by atoms with Crippen LogP contribution in [0, 0.1) is 0 Å². The Bertz CT molecular complexity index is 281. The number of hydrogen-bond donors (Lipinski definition) is 1. The van der Waals surface area contributed by atoms with E-state index in [0.29, 0.717) is 0 Å². The van der Waals surface area contributed by atoms with Crippen LogP contribution in [0.2, 0.25) is 0 Å². The second-order valence-electron chi connectivity index (χ2n) is 2.61. The zero-order chi connectivity index (χ0) is 7.52. The highest BCUT2D eigenvalue weighted by Crippen LogP contribution is 2.15. The number of aromatic amines is 1. The molecule has 0 aromatic carbocycles. The van der Waals surface area contributed by atoms with Crippen molar-refractivity contribution in [1.29, 1.82) is 0 Å². The van der Waals surface area contributed by atoms with Crippen molar-refractivity contribution in [2.75, 3.05) is 0 Å². The molecule has 0 saturated carbocycles. The first-order valence-corrected chi connectivity index (χ1v) is 3.81. The minimum Gasteiger partial charge on any atom is -0.362 e. The lowest BCUT2D eigenvalue weighted by Crippen LogP contribution is -1.72. The monoisotopic (exact) mass is 146 g/mol. The fourth-order valence-corrected chi connectivity index (χ4v) is 1.18. The second kappa shape index (κ2) is 2.74. The van der Waals surface area contributed by atoms with Crippen LogP contribution in [0.3, 0.4) is 0 Å². The molecule has 0 unspecified atom stereocenters. The van der Waals surface area contributed by atoms with Crippen LogP contribution in [0.15, 0.2) is 29.0 Å². The van der Waals surface area contributed by atoms with Crippen molar-refractivity contribution in [2.45, 2.75) is 12.8 Å². The lowest BCUT2D eigenvalue weighted by atomic mass is 10.2. The summed E-state index contributed by atoms with van der Waals surface area (Å²) in [5.74, 6) is 0. The maximum atomic E-state index is 4.23. The number of aliphatic imine (C=N–C) groups is 1. The van der Waals surface area contributed by atoms with Crippen LogP contribution >= 0.6 is 0 Å². The zero-order valence-corrected chi connectivity index (χ0v) is 6.25. The van der Waals surface area contributed by atoms with Gasteiger partial charge >= 0.3 is 0 Å². The molecule has 1 aliphatic heterocycles. The van der Waals surface area contributed by atoms with Crippen LogP contribution in [0.1, 0.15) is 18.5 Å². The van der Waals surface area contributed by atoms with Crippen LogP contribution in [0.5, 0.6) is 0 Å². The number of nitrogens with one attached hydrogen (secondary N) is 1. The molecule has 11 heavy (non-hydrogen) atoms. The van der Waals surface area contributed by atoms with E-state index in [2.05, 4.69) is 16.1 Å². The van der Waals surface area contributed by atoms with Gasteiger partial charge in [0, 0.05) is 23.8 Å². The summed E-state index contributed by atoms with van der Waals surface area (Å²) in [7, 11) is 0. The Morgan fingerprint density at radius 3 is 3.18 bits per heavy atom. The minimum absolute atomic E-state index is 1.08. The average Bonchev–Trinajstić information content (AvgIpc) is 2.60. The number of H-pyrrole nitrogens is 1. The van der Waals surface area contributed by atoms with Gasteiger partial charge in [-0.05, 0) is 31.1 Å². The highest BCUT2D eigenvalue weighted by Gasteiger charge is 1.99. The highest BCUT2D eigenvalue weighted by molar-refractivity contribution is 5.66. The first-order valence-electron chi connectivity index (χ1n) is 3.81. The van der Waals surface area contributed by atoms with Gasteiger partial charge in [0.05, 0.1) is 0 Å². The van der Waals surface area contributed by atoms with E-state index in [0.717, 1.165) is 18.5 Å². The quantitative estimate of drug-likeness (QED) is 0.629. The second-order valence-corrected chi connectivity index (χ2v) is 2.61. The molecule has 1 aromatic rings. The van der Waals surface area contributed by atoms with Gasteiger partial charge < -0.3 is 4.98 Å². The van der Waals surface area contributed by atoms with Crippen LogP contribution in [0.4, 0.5) is 0 Å². The summed E-state index contributed by atoms with van der Waals surface area (Å²) < 4.78 is 0. The van der Waals surface area contributed by atoms with E-state index in [4.69, 9.17) is 0 Å². The van der Waals surface area contributed by atoms with E-state index in [1.54, 1.807) is 0 Å². The normalized spacial score (nSPS) is 19.8. The van der Waals surface area contributed by atoms with Gasteiger partial charge in [-0.25, -0.2) is 0 Å². The predicted molar refractivity (Wildman–Crippen MR) is 46.5 cm³/mol. The molecular weight excluding hydrogens is 136 g/mol. The van der Waals surface area contributed by atoms with E-state index in [1.165, 1.54) is 5.70 Å².